The molecular formula is C28H41NO3S. The molecule has 3 N–H and O–H groups in total. The van der Waals surface area contributed by atoms with Crippen molar-refractivity contribution in [2.24, 2.45) is 23.2 Å². The molecule has 33 heavy (non-hydrogen) atoms. The molecule has 1 aromatic rings. The molecule has 7 atom stereocenters. The first-order valence-electron chi connectivity index (χ1n) is 12.8. The van der Waals surface area contributed by atoms with Crippen molar-refractivity contribution in [1.29, 1.82) is 0 Å². The number of aromatic nitrogens is 1. The minimum Gasteiger partial charge on any atom is -0.393 e. The van der Waals surface area contributed by atoms with Crippen molar-refractivity contribution in [3.05, 3.63) is 52.0 Å². The van der Waals surface area contributed by atoms with Crippen molar-refractivity contribution < 1.29 is 15.3 Å². The number of thiazole rings is 1. The van der Waals surface area contributed by atoms with Gasteiger partial charge in [0.25, 0.3) is 0 Å². The molecule has 0 amide bonds. The Kier molecular flexibility index (Phi) is 7.95. The van der Waals surface area contributed by atoms with Gasteiger partial charge in [0.1, 0.15) is 11.1 Å². The second kappa shape index (κ2) is 10.6. The number of rotatable bonds is 7. The van der Waals surface area contributed by atoms with Crippen molar-refractivity contribution in [2.75, 3.05) is 0 Å². The molecule has 1 heterocycles. The van der Waals surface area contributed by atoms with Gasteiger partial charge in [0.15, 0.2) is 0 Å². The van der Waals surface area contributed by atoms with Gasteiger partial charge in [-0.3, -0.25) is 0 Å². The van der Waals surface area contributed by atoms with E-state index in [-0.39, 0.29) is 0 Å². The van der Waals surface area contributed by atoms with Crippen LogP contribution in [0.15, 0.2) is 47.0 Å². The Morgan fingerprint density at radius 2 is 2.09 bits per heavy atom. The Morgan fingerprint density at radius 3 is 2.85 bits per heavy atom. The lowest BCUT2D eigenvalue weighted by molar-refractivity contribution is 0.0860. The van der Waals surface area contributed by atoms with Gasteiger partial charge in [-0.15, -0.1) is 11.3 Å². The number of allylic oxidation sites excluding steroid dienone is 3. The molecule has 0 saturated heterocycles. The van der Waals surface area contributed by atoms with E-state index in [1.165, 1.54) is 37.0 Å². The van der Waals surface area contributed by atoms with Crippen LogP contribution in [-0.4, -0.2) is 32.5 Å². The second-order valence-electron chi connectivity index (χ2n) is 11.0. The summed E-state index contributed by atoms with van der Waals surface area (Å²) >= 11 is 1.54. The van der Waals surface area contributed by atoms with Gasteiger partial charge in [-0.2, -0.15) is 0 Å². The summed E-state index contributed by atoms with van der Waals surface area (Å²) in [5.74, 6) is 2.01. The van der Waals surface area contributed by atoms with Gasteiger partial charge in [-0.05, 0) is 79.3 Å². The Morgan fingerprint density at radius 1 is 1.27 bits per heavy atom. The third-order valence-electron chi connectivity index (χ3n) is 8.86. The molecule has 5 heteroatoms. The quantitative estimate of drug-likeness (QED) is 0.448. The lowest BCUT2D eigenvalue weighted by atomic mass is 9.60. The predicted octanol–water partition coefficient (Wildman–Crippen LogP) is 6.12. The number of fused-ring (bicyclic) bond motifs is 1. The third-order valence-corrected chi connectivity index (χ3v) is 9.74. The minimum atomic E-state index is -0.624. The Bertz CT molecular complexity index is 876. The van der Waals surface area contributed by atoms with Crippen LogP contribution in [0.2, 0.25) is 0 Å². The first-order valence-corrected chi connectivity index (χ1v) is 13.7. The van der Waals surface area contributed by atoms with Gasteiger partial charge < -0.3 is 15.3 Å². The topological polar surface area (TPSA) is 73.6 Å². The first-order chi connectivity index (χ1) is 15.8. The highest BCUT2D eigenvalue weighted by molar-refractivity contribution is 7.09. The third kappa shape index (κ3) is 5.37. The van der Waals surface area contributed by atoms with Gasteiger partial charge in [0.2, 0.25) is 0 Å². The van der Waals surface area contributed by atoms with E-state index in [0.717, 1.165) is 47.8 Å². The van der Waals surface area contributed by atoms with E-state index in [1.807, 2.05) is 5.38 Å². The zero-order valence-electron chi connectivity index (χ0n) is 20.2. The van der Waals surface area contributed by atoms with Crippen molar-refractivity contribution in [2.45, 2.75) is 96.4 Å². The average Bonchev–Trinajstić information content (AvgIpc) is 3.43. The molecule has 1 aromatic heterocycles. The summed E-state index contributed by atoms with van der Waals surface area (Å²) in [5.41, 5.74) is 3.67. The van der Waals surface area contributed by atoms with Gasteiger partial charge >= 0.3 is 0 Å². The maximum absolute atomic E-state index is 10.4. The average molecular weight is 472 g/mol. The number of hydrogen-bond donors (Lipinski definition) is 3. The summed E-state index contributed by atoms with van der Waals surface area (Å²) in [6.45, 7) is 9.00. The van der Waals surface area contributed by atoms with Crippen molar-refractivity contribution in [3.8, 4) is 0 Å². The maximum Gasteiger partial charge on any atom is 0.121 e. The largest absolute Gasteiger partial charge is 0.393 e. The van der Waals surface area contributed by atoms with Crippen LogP contribution >= 0.6 is 11.3 Å². The van der Waals surface area contributed by atoms with E-state index in [0.29, 0.717) is 30.1 Å². The second-order valence-corrected chi connectivity index (χ2v) is 11.9. The van der Waals surface area contributed by atoms with Crippen molar-refractivity contribution in [1.82, 2.24) is 4.98 Å². The zero-order valence-corrected chi connectivity index (χ0v) is 21.1. The minimum absolute atomic E-state index is 0.346. The molecule has 0 bridgehead atoms. The predicted molar refractivity (Wildman–Crippen MR) is 135 cm³/mol. The monoisotopic (exact) mass is 471 g/mol. The van der Waals surface area contributed by atoms with Crippen LogP contribution in [0.1, 0.15) is 89.2 Å². The zero-order chi connectivity index (χ0) is 23.6. The number of hydrogen-bond acceptors (Lipinski definition) is 5. The highest BCUT2D eigenvalue weighted by Gasteiger charge is 2.50. The summed E-state index contributed by atoms with van der Waals surface area (Å²) in [7, 11) is 0. The molecule has 3 aliphatic rings. The van der Waals surface area contributed by atoms with Crippen LogP contribution in [0.25, 0.3) is 0 Å². The van der Waals surface area contributed by atoms with E-state index < -0.39 is 18.3 Å². The van der Waals surface area contributed by atoms with Crippen LogP contribution in [0.3, 0.4) is 0 Å². The van der Waals surface area contributed by atoms with Crippen molar-refractivity contribution >= 4 is 11.3 Å². The molecular weight excluding hydrogens is 430 g/mol. The van der Waals surface area contributed by atoms with Gasteiger partial charge in [-0.1, -0.05) is 51.0 Å². The first kappa shape index (κ1) is 24.8. The van der Waals surface area contributed by atoms with E-state index in [9.17, 15) is 15.3 Å². The fourth-order valence-corrected chi connectivity index (χ4v) is 7.69. The number of nitrogens with zero attached hydrogens (tertiary/aromatic N) is 1. The smallest absolute Gasteiger partial charge is 0.121 e. The molecule has 0 unspecified atom stereocenters. The molecule has 0 aliphatic heterocycles. The number of aliphatic hydroxyl groups excluding tert-OH is 3. The molecule has 0 aromatic carbocycles. The van der Waals surface area contributed by atoms with Gasteiger partial charge in [-0.25, -0.2) is 4.98 Å². The Hall–Kier alpha value is -1.27. The molecule has 0 spiro atoms. The molecule has 4 rings (SSSR count). The summed E-state index contributed by atoms with van der Waals surface area (Å²) in [6, 6.07) is 0. The van der Waals surface area contributed by atoms with E-state index in [2.05, 4.69) is 37.6 Å². The van der Waals surface area contributed by atoms with Crippen LogP contribution in [0.5, 0.6) is 0 Å². The van der Waals surface area contributed by atoms with Gasteiger partial charge in [0, 0.05) is 18.0 Å². The summed E-state index contributed by atoms with van der Waals surface area (Å²) in [5, 5.41) is 33.4. The van der Waals surface area contributed by atoms with Gasteiger partial charge in [0.05, 0.1) is 12.2 Å². The molecule has 3 aliphatic carbocycles. The normalized spacial score (nSPS) is 36.8. The van der Waals surface area contributed by atoms with Crippen LogP contribution < -0.4 is 0 Å². The fraction of sp³-hybridized carbons (Fsp3) is 0.679. The molecule has 0 radical (unpaired) electrons. The number of aliphatic hydroxyl groups is 3. The fourth-order valence-electron chi connectivity index (χ4n) is 7.04. The van der Waals surface area contributed by atoms with Crippen LogP contribution in [-0.2, 0) is 0 Å². The van der Waals surface area contributed by atoms with Crippen molar-refractivity contribution in [3.63, 3.8) is 0 Å². The Labute approximate surface area is 203 Å². The van der Waals surface area contributed by atoms with Crippen LogP contribution in [0.4, 0.5) is 0 Å². The summed E-state index contributed by atoms with van der Waals surface area (Å²) in [4.78, 5) is 4.25. The lowest BCUT2D eigenvalue weighted by Crippen LogP contribution is -2.36. The summed E-state index contributed by atoms with van der Waals surface area (Å²) in [6.07, 6.45) is 14.9. The highest BCUT2D eigenvalue weighted by atomic mass is 32.1. The van der Waals surface area contributed by atoms with E-state index >= 15 is 0 Å². The molecule has 3 fully saturated rings. The molecule has 3 saturated carbocycles. The standard InChI is InChI=1S/C28H41NO3S/c1-18(6-4-8-25(31)27-29-14-15-33-27)23-11-12-24-20(7-5-13-28(23,24)3)9-10-21-16-22(30)17-26(32)19(21)2/h9-10,14-15,18,22-26,30-32H,2,4-8,11-13,16-17H2,1,3H3/b20-9+,21-10-/t18-,22-,23-,24+,25+,26+,28-/m1/s1. The lowest BCUT2D eigenvalue weighted by Gasteiger charge is -2.44. The van der Waals surface area contributed by atoms with Crippen LogP contribution in [0, 0.1) is 23.2 Å². The highest BCUT2D eigenvalue weighted by Crippen LogP contribution is 2.60. The van der Waals surface area contributed by atoms with E-state index in [1.54, 1.807) is 11.8 Å². The molecule has 182 valence electrons. The maximum atomic E-state index is 10.4. The van der Waals surface area contributed by atoms with E-state index in [4.69, 9.17) is 0 Å². The molecule has 4 nitrogen and oxygen atoms in total. The Balaban J connectivity index is 1.39. The SMILES string of the molecule is C=C1/C(=C\C=C2/CCC[C@]3(C)[C@@H]([C@H](C)CCC[C@H](O)c4nccs4)CC[C@@H]23)C[C@@H](O)C[C@@H]1O. The summed E-state index contributed by atoms with van der Waals surface area (Å²) < 4.78 is 0.